The van der Waals surface area contributed by atoms with Crippen LogP contribution in [-0.4, -0.2) is 48.9 Å². The number of nitrogens with zero attached hydrogens (tertiary/aromatic N) is 1. The molecule has 3 N–H and O–H groups in total. The molecule has 0 fully saturated rings. The highest BCUT2D eigenvalue weighted by Gasteiger charge is 2.27. The highest BCUT2D eigenvalue weighted by Crippen LogP contribution is 2.47. The summed E-state index contributed by atoms with van der Waals surface area (Å²) >= 11 is 6.64. The zero-order valence-corrected chi connectivity index (χ0v) is 17.8. The highest BCUT2D eigenvalue weighted by molar-refractivity contribution is 6.36. The lowest BCUT2D eigenvalue weighted by atomic mass is 10.0. The first-order chi connectivity index (χ1) is 14.5. The minimum absolute atomic E-state index is 0.154. The van der Waals surface area contributed by atoms with Gasteiger partial charge in [0.2, 0.25) is 5.75 Å². The number of benzene rings is 1. The zero-order valence-electron chi connectivity index (χ0n) is 17.1. The van der Waals surface area contributed by atoms with Crippen molar-refractivity contribution in [1.82, 2.24) is 15.0 Å². The number of H-pyrrole nitrogens is 2. The van der Waals surface area contributed by atoms with Crippen molar-refractivity contribution in [2.45, 2.75) is 13.5 Å². The summed E-state index contributed by atoms with van der Waals surface area (Å²) in [5.74, 6) is 1.37. The first kappa shape index (κ1) is 21.4. The van der Waals surface area contributed by atoms with E-state index in [4.69, 9.17) is 30.5 Å². The van der Waals surface area contributed by atoms with Crippen LogP contribution < -0.4 is 19.5 Å². The average Bonchev–Trinajstić information content (AvgIpc) is 3.38. The molecule has 2 aromatic heterocycles. The molecular weight excluding hydrogens is 412 g/mol. The van der Waals surface area contributed by atoms with Crippen LogP contribution in [0.3, 0.4) is 0 Å². The van der Waals surface area contributed by atoms with Crippen LogP contribution in [0.1, 0.15) is 23.1 Å². The Balaban J connectivity index is 2.15. The summed E-state index contributed by atoms with van der Waals surface area (Å²) < 4.78 is 21.6. The Morgan fingerprint density at radius 1 is 1.17 bits per heavy atom. The van der Waals surface area contributed by atoms with Gasteiger partial charge < -0.3 is 34.2 Å². The molecule has 9 nitrogen and oxygen atoms in total. The van der Waals surface area contributed by atoms with Gasteiger partial charge in [0.25, 0.3) is 0 Å². The molecule has 10 heteroatoms. The van der Waals surface area contributed by atoms with Gasteiger partial charge in [-0.2, -0.15) is 0 Å². The fourth-order valence-electron chi connectivity index (χ4n) is 3.12. The highest BCUT2D eigenvalue weighted by atomic mass is 35.5. The number of anilines is 1. The summed E-state index contributed by atoms with van der Waals surface area (Å²) in [6, 6.07) is 3.54. The van der Waals surface area contributed by atoms with Gasteiger partial charge in [-0.05, 0) is 19.1 Å². The molecule has 0 aliphatic rings. The van der Waals surface area contributed by atoms with Crippen LogP contribution in [0.4, 0.5) is 5.95 Å². The third-order valence-corrected chi connectivity index (χ3v) is 4.78. The molecule has 1 aromatic carbocycles. The molecular formula is C20H23ClN4O5. The quantitative estimate of drug-likeness (QED) is 0.438. The normalized spacial score (nSPS) is 10.6. The Bertz CT molecular complexity index is 1020. The Kier molecular flexibility index (Phi) is 6.73. The molecule has 0 saturated heterocycles. The van der Waals surface area contributed by atoms with Crippen molar-refractivity contribution in [2.75, 3.05) is 33.3 Å². The third kappa shape index (κ3) is 4.02. The number of imidazole rings is 1. The van der Waals surface area contributed by atoms with Crippen molar-refractivity contribution in [2.24, 2.45) is 0 Å². The van der Waals surface area contributed by atoms with Gasteiger partial charge in [0.1, 0.15) is 5.69 Å². The number of ether oxygens (including phenoxy) is 4. The molecule has 0 radical (unpaired) electrons. The predicted molar refractivity (Wildman–Crippen MR) is 113 cm³/mol. The number of nitrogens with one attached hydrogen (secondary N) is 3. The van der Waals surface area contributed by atoms with E-state index in [0.29, 0.717) is 46.6 Å². The van der Waals surface area contributed by atoms with Gasteiger partial charge in [0, 0.05) is 29.2 Å². The Labute approximate surface area is 178 Å². The molecule has 0 aliphatic carbocycles. The smallest absolute Gasteiger partial charge is 0.356 e. The van der Waals surface area contributed by atoms with Crippen molar-refractivity contribution in [3.05, 3.63) is 40.9 Å². The molecule has 30 heavy (non-hydrogen) atoms. The second-order valence-electron chi connectivity index (χ2n) is 6.06. The molecule has 2 heterocycles. The van der Waals surface area contributed by atoms with Crippen LogP contribution >= 0.6 is 11.6 Å². The molecule has 0 bridgehead atoms. The number of halogens is 1. The summed E-state index contributed by atoms with van der Waals surface area (Å²) in [6.45, 7) is 2.26. The SMILES string of the molecule is CCOC(=O)c1[nH]c(CNc2ncc[nH]2)c(-c2ccc(OC)c(OC)c2OC)c1Cl. The van der Waals surface area contributed by atoms with E-state index < -0.39 is 5.97 Å². The summed E-state index contributed by atoms with van der Waals surface area (Å²) in [5.41, 5.74) is 2.01. The molecule has 3 rings (SSSR count). The molecule has 3 aromatic rings. The molecule has 0 saturated carbocycles. The summed E-state index contributed by atoms with van der Waals surface area (Å²) in [6.07, 6.45) is 3.33. The number of carbonyl (C=O) groups is 1. The van der Waals surface area contributed by atoms with Crippen LogP contribution in [0.25, 0.3) is 11.1 Å². The van der Waals surface area contributed by atoms with Gasteiger partial charge in [-0.25, -0.2) is 9.78 Å². The van der Waals surface area contributed by atoms with E-state index in [0.717, 1.165) is 0 Å². The zero-order chi connectivity index (χ0) is 21.7. The first-order valence-electron chi connectivity index (χ1n) is 9.15. The standard InChI is InChI=1S/C20H23ClN4O5/c1-5-30-19(26)16-15(21)14(12(25-16)10-24-20-22-8-9-23-20)11-6-7-13(27-2)18(29-4)17(11)28-3/h6-9,25H,5,10H2,1-4H3,(H2,22,23,24). The van der Waals surface area contributed by atoms with Crippen molar-refractivity contribution in [3.63, 3.8) is 0 Å². The summed E-state index contributed by atoms with van der Waals surface area (Å²) in [4.78, 5) is 22.6. The molecule has 0 atom stereocenters. The fraction of sp³-hybridized carbons (Fsp3) is 0.300. The monoisotopic (exact) mass is 434 g/mol. The van der Waals surface area contributed by atoms with E-state index >= 15 is 0 Å². The van der Waals surface area contributed by atoms with E-state index in [1.807, 2.05) is 0 Å². The second kappa shape index (κ2) is 9.45. The molecule has 0 spiro atoms. The van der Waals surface area contributed by atoms with Crippen molar-refractivity contribution >= 4 is 23.5 Å². The average molecular weight is 435 g/mol. The molecule has 0 amide bonds. The minimum Gasteiger partial charge on any atom is -0.493 e. The van der Waals surface area contributed by atoms with Crippen molar-refractivity contribution < 1.29 is 23.7 Å². The number of methoxy groups -OCH3 is 3. The summed E-state index contributed by atoms with van der Waals surface area (Å²) in [7, 11) is 4.58. The van der Waals surface area contributed by atoms with Crippen LogP contribution in [0.15, 0.2) is 24.5 Å². The van der Waals surface area contributed by atoms with Crippen LogP contribution in [0.2, 0.25) is 5.02 Å². The largest absolute Gasteiger partial charge is 0.493 e. The fourth-order valence-corrected chi connectivity index (χ4v) is 3.46. The Hall–Kier alpha value is -3.33. The molecule has 160 valence electrons. The van der Waals surface area contributed by atoms with E-state index in [-0.39, 0.29) is 17.3 Å². The first-order valence-corrected chi connectivity index (χ1v) is 9.53. The van der Waals surface area contributed by atoms with Gasteiger partial charge in [-0.1, -0.05) is 11.6 Å². The number of aromatic nitrogens is 3. The van der Waals surface area contributed by atoms with Crippen molar-refractivity contribution in [3.8, 4) is 28.4 Å². The van der Waals surface area contributed by atoms with E-state index in [1.54, 1.807) is 31.5 Å². The lowest BCUT2D eigenvalue weighted by Gasteiger charge is -2.16. The number of hydrogen-bond donors (Lipinski definition) is 3. The lowest BCUT2D eigenvalue weighted by molar-refractivity contribution is 0.0520. The molecule has 0 unspecified atom stereocenters. The number of hydrogen-bond acceptors (Lipinski definition) is 7. The Morgan fingerprint density at radius 3 is 2.53 bits per heavy atom. The van der Waals surface area contributed by atoms with Gasteiger partial charge in [0.05, 0.1) is 39.5 Å². The third-order valence-electron chi connectivity index (χ3n) is 4.40. The minimum atomic E-state index is -0.549. The van der Waals surface area contributed by atoms with E-state index in [2.05, 4.69) is 20.3 Å². The number of aromatic amines is 2. The van der Waals surface area contributed by atoms with E-state index in [1.165, 1.54) is 21.3 Å². The second-order valence-corrected chi connectivity index (χ2v) is 6.44. The Morgan fingerprint density at radius 2 is 1.93 bits per heavy atom. The number of rotatable bonds is 9. The van der Waals surface area contributed by atoms with Crippen molar-refractivity contribution in [1.29, 1.82) is 0 Å². The molecule has 0 aliphatic heterocycles. The lowest BCUT2D eigenvalue weighted by Crippen LogP contribution is -2.07. The summed E-state index contributed by atoms with van der Waals surface area (Å²) in [5, 5.41) is 3.36. The topological polar surface area (TPSA) is 110 Å². The van der Waals surface area contributed by atoms with Crippen LogP contribution in [-0.2, 0) is 11.3 Å². The van der Waals surface area contributed by atoms with Crippen LogP contribution in [0.5, 0.6) is 17.2 Å². The van der Waals surface area contributed by atoms with Crippen LogP contribution in [0, 0.1) is 0 Å². The number of esters is 1. The van der Waals surface area contributed by atoms with Gasteiger partial charge in [0.15, 0.2) is 17.4 Å². The maximum atomic E-state index is 12.4. The van der Waals surface area contributed by atoms with Gasteiger partial charge >= 0.3 is 5.97 Å². The van der Waals surface area contributed by atoms with Gasteiger partial charge in [-0.15, -0.1) is 0 Å². The maximum Gasteiger partial charge on any atom is 0.356 e. The maximum absolute atomic E-state index is 12.4. The van der Waals surface area contributed by atoms with E-state index in [9.17, 15) is 4.79 Å². The van der Waals surface area contributed by atoms with Gasteiger partial charge in [-0.3, -0.25) is 0 Å². The predicted octanol–water partition coefficient (Wildman–Crippen LogP) is 3.87. The number of carbonyl (C=O) groups excluding carboxylic acids is 1.